The molecular formula is C34H25FN2O4. The Hall–Kier alpha value is -5.04. The van der Waals surface area contributed by atoms with Crippen LogP contribution in [-0.4, -0.2) is 23.3 Å². The van der Waals surface area contributed by atoms with Gasteiger partial charge in [0.15, 0.2) is 11.0 Å². The van der Waals surface area contributed by atoms with Crippen molar-refractivity contribution in [2.24, 2.45) is 0 Å². The van der Waals surface area contributed by atoms with Crippen molar-refractivity contribution < 1.29 is 18.4 Å². The minimum atomic E-state index is -1.75. The van der Waals surface area contributed by atoms with Gasteiger partial charge in [-0.15, -0.1) is 0 Å². The summed E-state index contributed by atoms with van der Waals surface area (Å²) in [5, 5.41) is -0.0110. The van der Waals surface area contributed by atoms with E-state index in [1.807, 2.05) is 73.7 Å². The van der Waals surface area contributed by atoms with Crippen molar-refractivity contribution in [1.29, 1.82) is 0 Å². The van der Waals surface area contributed by atoms with Crippen molar-refractivity contribution in [1.82, 2.24) is 4.90 Å². The molecule has 0 saturated heterocycles. The zero-order valence-electron chi connectivity index (χ0n) is 22.3. The number of fused-ring (bicyclic) bond motifs is 5. The van der Waals surface area contributed by atoms with E-state index in [0.29, 0.717) is 17.7 Å². The summed E-state index contributed by atoms with van der Waals surface area (Å²) in [5.41, 5.74) is 1.83. The molecule has 0 radical (unpaired) electrons. The zero-order valence-corrected chi connectivity index (χ0v) is 22.3. The molecule has 5 aromatic rings. The van der Waals surface area contributed by atoms with Crippen molar-refractivity contribution >= 4 is 28.5 Å². The maximum atomic E-state index is 14.8. The van der Waals surface area contributed by atoms with Gasteiger partial charge in [-0.3, -0.25) is 14.4 Å². The third kappa shape index (κ3) is 3.65. The van der Waals surface area contributed by atoms with Crippen LogP contribution in [0.15, 0.2) is 106 Å². The minimum absolute atomic E-state index is 0.0110. The highest BCUT2D eigenvalue weighted by Crippen LogP contribution is 2.52. The number of benzene rings is 4. The van der Waals surface area contributed by atoms with Crippen LogP contribution in [0.2, 0.25) is 0 Å². The normalized spacial score (nSPS) is 17.5. The fraction of sp³-hybridized carbons (Fsp3) is 0.147. The number of halogens is 1. The third-order valence-electron chi connectivity index (χ3n) is 8.13. The smallest absolute Gasteiger partial charge is 0.291 e. The number of aryl methyl sites for hydroxylation is 1. The van der Waals surface area contributed by atoms with E-state index < -0.39 is 28.6 Å². The first-order valence-corrected chi connectivity index (χ1v) is 13.5. The summed E-state index contributed by atoms with van der Waals surface area (Å²) in [6.07, 6.45) is 0.456. The second kappa shape index (κ2) is 9.27. The predicted molar refractivity (Wildman–Crippen MR) is 153 cm³/mol. The van der Waals surface area contributed by atoms with Crippen molar-refractivity contribution in [3.05, 3.63) is 147 Å². The molecule has 4 aromatic carbocycles. The number of hydrogen-bond donors (Lipinski definition) is 0. The van der Waals surface area contributed by atoms with Gasteiger partial charge < -0.3 is 14.2 Å². The minimum Gasteiger partial charge on any atom is -0.450 e. The zero-order chi connectivity index (χ0) is 28.3. The lowest BCUT2D eigenvalue weighted by Gasteiger charge is -2.34. The van der Waals surface area contributed by atoms with Crippen LogP contribution in [0.3, 0.4) is 0 Å². The highest BCUT2D eigenvalue weighted by molar-refractivity contribution is 6.17. The molecule has 0 fully saturated rings. The van der Waals surface area contributed by atoms with Gasteiger partial charge >= 0.3 is 0 Å². The Morgan fingerprint density at radius 1 is 0.829 bits per heavy atom. The Labute approximate surface area is 235 Å². The van der Waals surface area contributed by atoms with E-state index in [2.05, 4.69) is 0 Å². The van der Waals surface area contributed by atoms with E-state index >= 15 is 0 Å². The molecule has 2 aliphatic rings. The van der Waals surface area contributed by atoms with Crippen LogP contribution in [0.25, 0.3) is 11.0 Å². The first-order valence-electron chi connectivity index (χ1n) is 13.5. The number of para-hydroxylation sites is 1. The Balaban J connectivity index is 1.47. The van der Waals surface area contributed by atoms with Crippen LogP contribution in [0, 0.1) is 12.7 Å². The third-order valence-corrected chi connectivity index (χ3v) is 8.13. The van der Waals surface area contributed by atoms with Gasteiger partial charge in [-0.25, -0.2) is 4.39 Å². The molecule has 202 valence electrons. The largest absolute Gasteiger partial charge is 0.450 e. The summed E-state index contributed by atoms with van der Waals surface area (Å²) in [6.45, 7) is 2.41. The summed E-state index contributed by atoms with van der Waals surface area (Å²) in [5.74, 6) is -1.74. The van der Waals surface area contributed by atoms with Crippen LogP contribution in [0.4, 0.5) is 10.1 Å². The molecule has 7 heteroatoms. The van der Waals surface area contributed by atoms with Crippen molar-refractivity contribution in [2.45, 2.75) is 25.4 Å². The summed E-state index contributed by atoms with van der Waals surface area (Å²) >= 11 is 0. The Bertz CT molecular complexity index is 1920. The molecular weight excluding hydrogens is 519 g/mol. The molecule has 7 rings (SSSR count). The van der Waals surface area contributed by atoms with E-state index in [1.54, 1.807) is 17.0 Å². The van der Waals surface area contributed by atoms with Crippen LogP contribution in [0.5, 0.6) is 0 Å². The average molecular weight is 545 g/mol. The second-order valence-corrected chi connectivity index (χ2v) is 10.6. The fourth-order valence-corrected chi connectivity index (χ4v) is 6.18. The summed E-state index contributed by atoms with van der Waals surface area (Å²) in [4.78, 5) is 46.3. The lowest BCUT2D eigenvalue weighted by Crippen LogP contribution is -2.53. The molecule has 1 spiro atoms. The van der Waals surface area contributed by atoms with Gasteiger partial charge in [0.1, 0.15) is 11.4 Å². The van der Waals surface area contributed by atoms with E-state index in [-0.39, 0.29) is 35.4 Å². The lowest BCUT2D eigenvalue weighted by atomic mass is 9.83. The number of hydrogen-bond acceptors (Lipinski definition) is 4. The highest BCUT2D eigenvalue weighted by Gasteiger charge is 2.64. The van der Waals surface area contributed by atoms with Gasteiger partial charge in [-0.2, -0.15) is 0 Å². The number of carbonyl (C=O) groups excluding carboxylic acids is 2. The average Bonchev–Trinajstić information content (AvgIpc) is 3.38. The quantitative estimate of drug-likeness (QED) is 0.283. The molecule has 2 amide bonds. The van der Waals surface area contributed by atoms with Crippen LogP contribution in [-0.2, 0) is 23.3 Å². The first kappa shape index (κ1) is 25.0. The Morgan fingerprint density at radius 2 is 1.56 bits per heavy atom. The molecule has 1 unspecified atom stereocenters. The summed E-state index contributed by atoms with van der Waals surface area (Å²) in [6, 6.07) is 28.4. The van der Waals surface area contributed by atoms with Crippen LogP contribution < -0.4 is 10.3 Å². The molecule has 2 aliphatic heterocycles. The van der Waals surface area contributed by atoms with Gasteiger partial charge in [0, 0.05) is 12.1 Å². The molecule has 1 aromatic heterocycles. The molecule has 0 bridgehead atoms. The number of amides is 2. The summed E-state index contributed by atoms with van der Waals surface area (Å²) < 4.78 is 20.3. The number of nitrogens with zero attached hydrogens (tertiary/aromatic N) is 2. The molecule has 1 atom stereocenters. The van der Waals surface area contributed by atoms with E-state index in [9.17, 15) is 18.8 Å². The second-order valence-electron chi connectivity index (χ2n) is 10.6. The molecule has 41 heavy (non-hydrogen) atoms. The number of anilines is 1. The van der Waals surface area contributed by atoms with Gasteiger partial charge in [0.05, 0.1) is 23.2 Å². The SMILES string of the molecule is Cc1ccc(CN2C(=O)C3(c4ccccc42)c2c(oc4ccc(F)cc4c2=O)C(=O)N3CCc2ccccc2)cc1. The van der Waals surface area contributed by atoms with Gasteiger partial charge in [0.2, 0.25) is 5.76 Å². The highest BCUT2D eigenvalue weighted by atomic mass is 19.1. The molecule has 0 saturated carbocycles. The van der Waals surface area contributed by atoms with Crippen molar-refractivity contribution in [3.8, 4) is 0 Å². The number of carbonyl (C=O) groups is 2. The monoisotopic (exact) mass is 544 g/mol. The lowest BCUT2D eigenvalue weighted by molar-refractivity contribution is -0.126. The first-order chi connectivity index (χ1) is 19.9. The Kier molecular flexibility index (Phi) is 5.64. The van der Waals surface area contributed by atoms with Gasteiger partial charge in [-0.1, -0.05) is 78.4 Å². The topological polar surface area (TPSA) is 70.8 Å². The molecule has 3 heterocycles. The summed E-state index contributed by atoms with van der Waals surface area (Å²) in [7, 11) is 0. The van der Waals surface area contributed by atoms with E-state index in [1.165, 1.54) is 17.0 Å². The van der Waals surface area contributed by atoms with Crippen LogP contribution in [0.1, 0.15) is 38.4 Å². The Morgan fingerprint density at radius 3 is 2.34 bits per heavy atom. The van der Waals surface area contributed by atoms with Gasteiger partial charge in [-0.05, 0) is 48.7 Å². The van der Waals surface area contributed by atoms with Crippen LogP contribution >= 0.6 is 0 Å². The molecule has 0 aliphatic carbocycles. The predicted octanol–water partition coefficient (Wildman–Crippen LogP) is 5.73. The molecule has 0 N–H and O–H groups in total. The van der Waals surface area contributed by atoms with Crippen molar-refractivity contribution in [3.63, 3.8) is 0 Å². The van der Waals surface area contributed by atoms with E-state index in [0.717, 1.165) is 22.8 Å². The van der Waals surface area contributed by atoms with E-state index in [4.69, 9.17) is 4.42 Å². The van der Waals surface area contributed by atoms with Crippen molar-refractivity contribution in [2.75, 3.05) is 11.4 Å². The maximum absolute atomic E-state index is 14.8. The van der Waals surface area contributed by atoms with Gasteiger partial charge in [0.25, 0.3) is 11.8 Å². The number of rotatable bonds is 5. The fourth-order valence-electron chi connectivity index (χ4n) is 6.18. The maximum Gasteiger partial charge on any atom is 0.291 e. The molecule has 6 nitrogen and oxygen atoms in total. The standard InChI is InChI=1S/C34H25FN2O4/c1-21-11-13-23(14-12-21)20-36-27-10-6-5-9-26(27)34(33(36)40)29-30(38)25-19-24(35)15-16-28(25)41-31(29)32(39)37(34)18-17-22-7-3-2-4-8-22/h2-16,19H,17-18,20H2,1H3.